The first-order valence-corrected chi connectivity index (χ1v) is 9.37. The molecule has 1 aromatic heterocycles. The number of hydrogen-bond donors (Lipinski definition) is 1. The Bertz CT molecular complexity index is 760. The third-order valence-electron chi connectivity index (χ3n) is 2.78. The lowest BCUT2D eigenvalue weighted by atomic mass is 10.2. The Hall–Kier alpha value is -1.44. The summed E-state index contributed by atoms with van der Waals surface area (Å²) in [6.45, 7) is 0.295. The summed E-state index contributed by atoms with van der Waals surface area (Å²) >= 11 is 7.27. The number of thiophene rings is 1. The fraction of sp³-hybridized carbons (Fsp3) is 0.214. The first-order chi connectivity index (χ1) is 10.4. The predicted octanol–water partition coefficient (Wildman–Crippen LogP) is 2.77. The Morgan fingerprint density at radius 1 is 1.32 bits per heavy atom. The maximum atomic E-state index is 12.9. The van der Waals surface area contributed by atoms with Crippen LogP contribution >= 0.6 is 22.9 Å². The lowest BCUT2D eigenvalue weighted by molar-refractivity contribution is -0.118. The van der Waals surface area contributed by atoms with Gasteiger partial charge < -0.3 is 5.32 Å². The summed E-state index contributed by atoms with van der Waals surface area (Å²) in [5.41, 5.74) is 0.272. The van der Waals surface area contributed by atoms with Crippen LogP contribution in [0.3, 0.4) is 0 Å². The number of benzene rings is 1. The van der Waals surface area contributed by atoms with E-state index in [1.807, 2.05) is 17.5 Å². The van der Waals surface area contributed by atoms with Gasteiger partial charge in [0.2, 0.25) is 5.91 Å². The highest BCUT2D eigenvalue weighted by Crippen LogP contribution is 2.19. The van der Waals surface area contributed by atoms with Crippen molar-refractivity contribution in [1.29, 1.82) is 0 Å². The van der Waals surface area contributed by atoms with E-state index < -0.39 is 33.1 Å². The molecule has 2 rings (SSSR count). The van der Waals surface area contributed by atoms with Crippen molar-refractivity contribution in [1.82, 2.24) is 5.32 Å². The van der Waals surface area contributed by atoms with E-state index in [1.165, 1.54) is 17.4 Å². The first-order valence-electron chi connectivity index (χ1n) is 6.29. The van der Waals surface area contributed by atoms with E-state index in [9.17, 15) is 17.6 Å². The summed E-state index contributed by atoms with van der Waals surface area (Å²) in [5, 5.41) is 4.45. The standard InChI is InChI=1S/C14H13ClFNO3S2/c15-13-6-11(16)4-3-10(13)8-22(19,20)9-14(18)17-7-12-2-1-5-21-12/h1-6H,7-9H2,(H,17,18). The lowest BCUT2D eigenvalue weighted by Crippen LogP contribution is -2.30. The van der Waals surface area contributed by atoms with Crippen LogP contribution in [-0.4, -0.2) is 20.1 Å². The van der Waals surface area contributed by atoms with Crippen molar-refractivity contribution in [2.45, 2.75) is 12.3 Å². The third-order valence-corrected chi connectivity index (χ3v) is 5.46. The van der Waals surface area contributed by atoms with Crippen molar-refractivity contribution in [3.63, 3.8) is 0 Å². The van der Waals surface area contributed by atoms with Gasteiger partial charge in [-0.1, -0.05) is 23.7 Å². The van der Waals surface area contributed by atoms with Crippen molar-refractivity contribution in [2.75, 3.05) is 5.75 Å². The molecular formula is C14H13ClFNO3S2. The SMILES string of the molecule is O=C(CS(=O)(=O)Cc1ccc(F)cc1Cl)NCc1cccs1. The highest BCUT2D eigenvalue weighted by molar-refractivity contribution is 7.91. The van der Waals surface area contributed by atoms with Crippen LogP contribution in [0.25, 0.3) is 0 Å². The summed E-state index contributed by atoms with van der Waals surface area (Å²) < 4.78 is 36.9. The molecule has 2 aromatic rings. The molecule has 0 aliphatic rings. The Morgan fingerprint density at radius 2 is 2.09 bits per heavy atom. The maximum absolute atomic E-state index is 12.9. The quantitative estimate of drug-likeness (QED) is 0.860. The van der Waals surface area contributed by atoms with Crippen molar-refractivity contribution < 1.29 is 17.6 Å². The molecule has 22 heavy (non-hydrogen) atoms. The van der Waals surface area contributed by atoms with E-state index in [0.29, 0.717) is 6.54 Å². The highest BCUT2D eigenvalue weighted by atomic mass is 35.5. The third kappa shape index (κ3) is 5.08. The highest BCUT2D eigenvalue weighted by Gasteiger charge is 2.19. The largest absolute Gasteiger partial charge is 0.350 e. The molecule has 8 heteroatoms. The molecule has 1 N–H and O–H groups in total. The van der Waals surface area contributed by atoms with Gasteiger partial charge in [-0.15, -0.1) is 11.3 Å². The van der Waals surface area contributed by atoms with Crippen LogP contribution in [0.4, 0.5) is 4.39 Å². The Labute approximate surface area is 136 Å². The topological polar surface area (TPSA) is 63.2 Å². The number of halogens is 2. The average molecular weight is 362 g/mol. The number of carbonyl (C=O) groups excluding carboxylic acids is 1. The number of carbonyl (C=O) groups is 1. The molecule has 0 aliphatic heterocycles. The Kier molecular flexibility index (Phi) is 5.55. The maximum Gasteiger partial charge on any atom is 0.235 e. The predicted molar refractivity (Wildman–Crippen MR) is 85.1 cm³/mol. The van der Waals surface area contributed by atoms with E-state index in [2.05, 4.69) is 5.32 Å². The molecular weight excluding hydrogens is 349 g/mol. The zero-order valence-electron chi connectivity index (χ0n) is 11.4. The van der Waals surface area contributed by atoms with Crippen molar-refractivity contribution in [3.8, 4) is 0 Å². The van der Waals surface area contributed by atoms with Gasteiger partial charge in [0.15, 0.2) is 9.84 Å². The average Bonchev–Trinajstić information content (AvgIpc) is 2.92. The minimum atomic E-state index is -3.68. The minimum Gasteiger partial charge on any atom is -0.350 e. The molecule has 0 unspecified atom stereocenters. The van der Waals surface area contributed by atoms with Crippen LogP contribution in [0.5, 0.6) is 0 Å². The molecule has 1 amide bonds. The molecule has 1 heterocycles. The van der Waals surface area contributed by atoms with Crippen molar-refractivity contribution >= 4 is 38.7 Å². The van der Waals surface area contributed by atoms with Gasteiger partial charge in [-0.3, -0.25) is 4.79 Å². The summed E-state index contributed by atoms with van der Waals surface area (Å²) in [6.07, 6.45) is 0. The number of rotatable bonds is 6. The van der Waals surface area contributed by atoms with Crippen molar-refractivity contribution in [3.05, 3.63) is 57.0 Å². The molecule has 0 saturated carbocycles. The molecule has 0 bridgehead atoms. The molecule has 1 aromatic carbocycles. The zero-order valence-corrected chi connectivity index (χ0v) is 13.8. The Balaban J connectivity index is 1.94. The molecule has 0 spiro atoms. The summed E-state index contributed by atoms with van der Waals surface area (Å²) in [4.78, 5) is 12.6. The van der Waals surface area contributed by atoms with Gasteiger partial charge >= 0.3 is 0 Å². The molecule has 0 fully saturated rings. The van der Waals surface area contributed by atoms with Gasteiger partial charge in [-0.2, -0.15) is 0 Å². The number of amides is 1. The Morgan fingerprint density at radius 3 is 2.73 bits per heavy atom. The van der Waals surface area contributed by atoms with E-state index in [0.717, 1.165) is 17.0 Å². The normalized spacial score (nSPS) is 11.4. The minimum absolute atomic E-state index is 0.0302. The van der Waals surface area contributed by atoms with Gasteiger partial charge in [-0.25, -0.2) is 12.8 Å². The van der Waals surface area contributed by atoms with Gasteiger partial charge in [0.25, 0.3) is 0 Å². The van der Waals surface area contributed by atoms with E-state index in [4.69, 9.17) is 11.6 Å². The van der Waals surface area contributed by atoms with Crippen LogP contribution in [0.1, 0.15) is 10.4 Å². The zero-order chi connectivity index (χ0) is 16.2. The molecule has 0 atom stereocenters. The van der Waals surface area contributed by atoms with E-state index in [-0.39, 0.29) is 10.6 Å². The van der Waals surface area contributed by atoms with Crippen LogP contribution in [-0.2, 0) is 26.9 Å². The molecule has 0 aliphatic carbocycles. The number of hydrogen-bond acceptors (Lipinski definition) is 4. The summed E-state index contributed by atoms with van der Waals surface area (Å²) in [7, 11) is -3.68. The van der Waals surface area contributed by atoms with Gasteiger partial charge in [0.05, 0.1) is 12.3 Å². The molecule has 4 nitrogen and oxygen atoms in total. The molecule has 118 valence electrons. The van der Waals surface area contributed by atoms with E-state index in [1.54, 1.807) is 0 Å². The van der Waals surface area contributed by atoms with Gasteiger partial charge in [0.1, 0.15) is 11.6 Å². The van der Waals surface area contributed by atoms with Crippen LogP contribution in [0.2, 0.25) is 5.02 Å². The summed E-state index contributed by atoms with van der Waals surface area (Å²) in [5.74, 6) is -2.16. The fourth-order valence-corrected chi connectivity index (χ4v) is 4.06. The first kappa shape index (κ1) is 16.9. The second kappa shape index (κ2) is 7.21. The second-order valence-corrected chi connectivity index (χ2v) is 8.13. The fourth-order valence-electron chi connectivity index (χ4n) is 1.78. The van der Waals surface area contributed by atoms with Crippen LogP contribution in [0.15, 0.2) is 35.7 Å². The van der Waals surface area contributed by atoms with Crippen molar-refractivity contribution in [2.24, 2.45) is 0 Å². The van der Waals surface area contributed by atoms with Crippen LogP contribution < -0.4 is 5.32 Å². The van der Waals surface area contributed by atoms with Gasteiger partial charge in [0, 0.05) is 9.90 Å². The second-order valence-electron chi connectivity index (χ2n) is 4.62. The van der Waals surface area contributed by atoms with E-state index >= 15 is 0 Å². The number of sulfone groups is 1. The lowest BCUT2D eigenvalue weighted by Gasteiger charge is -2.07. The smallest absolute Gasteiger partial charge is 0.235 e. The molecule has 0 radical (unpaired) electrons. The monoisotopic (exact) mass is 361 g/mol. The van der Waals surface area contributed by atoms with Gasteiger partial charge in [-0.05, 0) is 29.1 Å². The molecule has 0 saturated heterocycles. The number of nitrogens with one attached hydrogen (secondary N) is 1. The van der Waals surface area contributed by atoms with Crippen LogP contribution in [0, 0.1) is 5.82 Å². The summed E-state index contributed by atoms with van der Waals surface area (Å²) in [6, 6.07) is 7.17.